The lowest BCUT2D eigenvalue weighted by Crippen LogP contribution is -2.26. The summed E-state index contributed by atoms with van der Waals surface area (Å²) >= 11 is 3.56. The Balaban J connectivity index is 2.26. The van der Waals surface area contributed by atoms with E-state index in [9.17, 15) is 0 Å². The molecule has 0 saturated carbocycles. The highest BCUT2D eigenvalue weighted by molar-refractivity contribution is 9.10. The fraction of sp³-hybridized carbons (Fsp3) is 0.368. The molecule has 0 aliphatic heterocycles. The zero-order valence-corrected chi connectivity index (χ0v) is 16.5. The predicted octanol–water partition coefficient (Wildman–Crippen LogP) is 5.08. The van der Waals surface area contributed by atoms with E-state index in [1.165, 1.54) is 0 Å². The van der Waals surface area contributed by atoms with Crippen molar-refractivity contribution in [3.05, 3.63) is 52.1 Å². The number of rotatable bonds is 6. The average molecular weight is 390 g/mol. The molecule has 4 nitrogen and oxygen atoms in total. The van der Waals surface area contributed by atoms with Crippen molar-refractivity contribution in [2.24, 2.45) is 4.99 Å². The van der Waals surface area contributed by atoms with Crippen LogP contribution in [0.2, 0.25) is 0 Å². The molecule has 24 heavy (non-hydrogen) atoms. The number of hydrogen-bond acceptors (Lipinski definition) is 3. The first kappa shape index (κ1) is 18.5. The van der Waals surface area contributed by atoms with Crippen LogP contribution in [0.5, 0.6) is 5.88 Å². The molecule has 0 N–H and O–H groups in total. The first-order chi connectivity index (χ1) is 11.3. The van der Waals surface area contributed by atoms with Gasteiger partial charge in [-0.05, 0) is 55.3 Å². The quantitative estimate of drug-likeness (QED) is 0.510. The molecule has 128 valence electrons. The molecule has 5 heteroatoms. The third-order valence-corrected chi connectivity index (χ3v) is 4.39. The Labute approximate surface area is 152 Å². The molecule has 1 heterocycles. The second kappa shape index (κ2) is 7.79. The maximum absolute atomic E-state index is 6.18. The minimum absolute atomic E-state index is 0.476. The highest BCUT2D eigenvalue weighted by atomic mass is 79.9. The summed E-state index contributed by atoms with van der Waals surface area (Å²) in [5.74, 6) is 0.573. The lowest BCUT2D eigenvalue weighted by Gasteiger charge is -2.27. The van der Waals surface area contributed by atoms with Crippen LogP contribution < -0.4 is 4.74 Å². The van der Waals surface area contributed by atoms with Gasteiger partial charge in [-0.15, -0.1) is 0 Å². The lowest BCUT2D eigenvalue weighted by molar-refractivity contribution is 0.101. The molecule has 0 bridgehead atoms. The van der Waals surface area contributed by atoms with Crippen LogP contribution in [0, 0.1) is 6.92 Å². The second-order valence-electron chi connectivity index (χ2n) is 6.18. The van der Waals surface area contributed by atoms with Gasteiger partial charge in [-0.3, -0.25) is 0 Å². The van der Waals surface area contributed by atoms with Gasteiger partial charge in [0.15, 0.2) is 0 Å². The second-order valence-corrected chi connectivity index (χ2v) is 7.03. The van der Waals surface area contributed by atoms with Gasteiger partial charge >= 0.3 is 0 Å². The van der Waals surface area contributed by atoms with E-state index in [0.29, 0.717) is 5.88 Å². The van der Waals surface area contributed by atoms with Crippen molar-refractivity contribution in [1.29, 1.82) is 0 Å². The smallest absolute Gasteiger partial charge is 0.229 e. The van der Waals surface area contributed by atoms with Gasteiger partial charge in [-0.1, -0.05) is 30.3 Å². The number of benzene rings is 1. The summed E-state index contributed by atoms with van der Waals surface area (Å²) in [6, 6.07) is 12.1. The highest BCUT2D eigenvalue weighted by Gasteiger charge is 2.24. The summed E-state index contributed by atoms with van der Waals surface area (Å²) in [6.07, 6.45) is 1.81. The molecule has 0 saturated heterocycles. The molecule has 0 aliphatic rings. The standard InChI is InChI=1S/C19H24BrN3O/c1-6-23(5)13-21-17-12-16(20)18(22-14(17)2)24-19(3,4)15-10-8-7-9-11-15/h7-13H,6H2,1-5H3. The van der Waals surface area contributed by atoms with Crippen LogP contribution in [0.1, 0.15) is 32.0 Å². The molecule has 0 spiro atoms. The third-order valence-electron chi connectivity index (χ3n) is 3.82. The molecule has 0 atom stereocenters. The summed E-state index contributed by atoms with van der Waals surface area (Å²) in [7, 11) is 1.99. The molecule has 0 unspecified atom stereocenters. The maximum atomic E-state index is 6.18. The normalized spacial score (nSPS) is 11.8. The number of aromatic nitrogens is 1. The van der Waals surface area contributed by atoms with E-state index < -0.39 is 5.60 Å². The van der Waals surface area contributed by atoms with Gasteiger partial charge in [0, 0.05) is 13.6 Å². The van der Waals surface area contributed by atoms with Gasteiger partial charge in [0.25, 0.3) is 0 Å². The minimum Gasteiger partial charge on any atom is -0.466 e. The number of nitrogens with zero attached hydrogens (tertiary/aromatic N) is 3. The van der Waals surface area contributed by atoms with Gasteiger partial charge in [-0.2, -0.15) is 0 Å². The third kappa shape index (κ3) is 4.57. The van der Waals surface area contributed by atoms with E-state index in [2.05, 4.69) is 45.0 Å². The zero-order valence-electron chi connectivity index (χ0n) is 14.9. The van der Waals surface area contributed by atoms with Crippen LogP contribution in [0.4, 0.5) is 5.69 Å². The summed E-state index contributed by atoms with van der Waals surface area (Å²) in [5, 5.41) is 0. The molecule has 2 aromatic rings. The van der Waals surface area contributed by atoms with E-state index >= 15 is 0 Å². The SMILES string of the molecule is CCN(C)C=Nc1cc(Br)c(OC(C)(C)c2ccccc2)nc1C. The van der Waals surface area contributed by atoms with Crippen molar-refractivity contribution in [3.8, 4) is 5.88 Å². The number of aliphatic imine (C=N–C) groups is 1. The van der Waals surface area contributed by atoms with Gasteiger partial charge in [0.2, 0.25) is 5.88 Å². The molecule has 1 aromatic carbocycles. The van der Waals surface area contributed by atoms with Crippen LogP contribution in [-0.2, 0) is 5.60 Å². The van der Waals surface area contributed by atoms with Crippen molar-refractivity contribution in [3.63, 3.8) is 0 Å². The Morgan fingerprint density at radius 3 is 2.58 bits per heavy atom. The Morgan fingerprint density at radius 2 is 1.96 bits per heavy atom. The Hall–Kier alpha value is -1.88. The van der Waals surface area contributed by atoms with Crippen molar-refractivity contribution in [2.75, 3.05) is 13.6 Å². The molecule has 0 fully saturated rings. The van der Waals surface area contributed by atoms with E-state index in [4.69, 9.17) is 4.74 Å². The number of hydrogen-bond donors (Lipinski definition) is 0. The van der Waals surface area contributed by atoms with Gasteiger partial charge in [-0.25, -0.2) is 9.98 Å². The molecule has 0 amide bonds. The Bertz CT molecular complexity index is 714. The summed E-state index contributed by atoms with van der Waals surface area (Å²) in [5.41, 5.74) is 2.28. The lowest BCUT2D eigenvalue weighted by atomic mass is 9.98. The summed E-state index contributed by atoms with van der Waals surface area (Å²) < 4.78 is 6.98. The number of halogens is 1. The number of aryl methyl sites for hydroxylation is 1. The fourth-order valence-corrected chi connectivity index (χ4v) is 2.52. The Kier molecular flexibility index (Phi) is 5.99. The predicted molar refractivity (Wildman–Crippen MR) is 103 cm³/mol. The molecule has 2 rings (SSSR count). The van der Waals surface area contributed by atoms with E-state index in [1.807, 2.05) is 63.3 Å². The highest BCUT2D eigenvalue weighted by Crippen LogP contribution is 2.34. The molecule has 0 radical (unpaired) electrons. The largest absolute Gasteiger partial charge is 0.466 e. The number of pyridine rings is 1. The van der Waals surface area contributed by atoms with Crippen molar-refractivity contribution >= 4 is 28.0 Å². The van der Waals surface area contributed by atoms with Crippen LogP contribution in [0.25, 0.3) is 0 Å². The minimum atomic E-state index is -0.476. The topological polar surface area (TPSA) is 37.7 Å². The van der Waals surface area contributed by atoms with Gasteiger partial charge < -0.3 is 9.64 Å². The van der Waals surface area contributed by atoms with Gasteiger partial charge in [0.1, 0.15) is 5.60 Å². The average Bonchev–Trinajstić information content (AvgIpc) is 2.57. The van der Waals surface area contributed by atoms with Crippen LogP contribution in [-0.4, -0.2) is 29.8 Å². The van der Waals surface area contributed by atoms with E-state index in [-0.39, 0.29) is 0 Å². The van der Waals surface area contributed by atoms with Gasteiger partial charge in [0.05, 0.1) is 22.2 Å². The van der Waals surface area contributed by atoms with E-state index in [1.54, 1.807) is 0 Å². The van der Waals surface area contributed by atoms with Crippen molar-refractivity contribution in [1.82, 2.24) is 9.88 Å². The number of ether oxygens (including phenoxy) is 1. The fourth-order valence-electron chi connectivity index (χ4n) is 2.13. The van der Waals surface area contributed by atoms with Crippen LogP contribution in [0.15, 0.2) is 45.9 Å². The maximum Gasteiger partial charge on any atom is 0.229 e. The summed E-state index contributed by atoms with van der Waals surface area (Å²) in [4.78, 5) is 11.1. The Morgan fingerprint density at radius 1 is 1.29 bits per heavy atom. The molecule has 1 aromatic heterocycles. The first-order valence-corrected chi connectivity index (χ1v) is 8.79. The van der Waals surface area contributed by atoms with Crippen LogP contribution >= 0.6 is 15.9 Å². The monoisotopic (exact) mass is 389 g/mol. The molecular weight excluding hydrogens is 366 g/mol. The molecule has 0 aliphatic carbocycles. The van der Waals surface area contributed by atoms with Crippen LogP contribution in [0.3, 0.4) is 0 Å². The van der Waals surface area contributed by atoms with E-state index in [0.717, 1.165) is 28.0 Å². The summed E-state index contributed by atoms with van der Waals surface area (Å²) in [6.45, 7) is 8.99. The first-order valence-electron chi connectivity index (χ1n) is 7.99. The molecular formula is C19H24BrN3O. The van der Waals surface area contributed by atoms with Crippen molar-refractivity contribution in [2.45, 2.75) is 33.3 Å². The van der Waals surface area contributed by atoms with Crippen molar-refractivity contribution < 1.29 is 4.74 Å². The zero-order chi connectivity index (χ0) is 17.7.